The molecule has 3 heteroatoms. The molecule has 0 radical (unpaired) electrons. The number of nitrogens with one attached hydrogen (secondary N) is 2. The molecule has 0 aromatic carbocycles. The van der Waals surface area contributed by atoms with Crippen LogP contribution in [-0.4, -0.2) is 26.2 Å². The van der Waals surface area contributed by atoms with Crippen LogP contribution in [0.25, 0.3) is 0 Å². The fourth-order valence-corrected chi connectivity index (χ4v) is 0.707. The highest BCUT2D eigenvalue weighted by Gasteiger charge is 2.14. The van der Waals surface area contributed by atoms with E-state index in [2.05, 4.69) is 15.6 Å². The van der Waals surface area contributed by atoms with Gasteiger partial charge in [-0.15, -0.1) is 0 Å². The molecule has 1 fully saturated rings. The third-order valence-corrected chi connectivity index (χ3v) is 1.40. The van der Waals surface area contributed by atoms with Crippen molar-refractivity contribution in [2.75, 3.05) is 20.2 Å². The van der Waals surface area contributed by atoms with Gasteiger partial charge < -0.3 is 10.2 Å². The zero-order valence-corrected chi connectivity index (χ0v) is 5.11. The van der Waals surface area contributed by atoms with Crippen molar-refractivity contribution in [1.82, 2.24) is 10.8 Å². The zero-order valence-electron chi connectivity index (χ0n) is 5.11. The molecule has 0 amide bonds. The predicted molar refractivity (Wildman–Crippen MR) is 31.4 cm³/mol. The average Bonchev–Trinajstić information content (AvgIpc) is 1.63. The lowest BCUT2D eigenvalue weighted by molar-refractivity contribution is 0.0773. The fourth-order valence-electron chi connectivity index (χ4n) is 0.707. The number of hydrogen-bond donors (Lipinski definition) is 2. The zero-order chi connectivity index (χ0) is 5.82. The van der Waals surface area contributed by atoms with Crippen molar-refractivity contribution in [3.05, 3.63) is 0 Å². The Hall–Kier alpha value is -0.120. The smallest absolute Gasteiger partial charge is 0.0572 e. The molecule has 8 heavy (non-hydrogen) atoms. The number of rotatable bonds is 3. The van der Waals surface area contributed by atoms with E-state index >= 15 is 0 Å². The Labute approximate surface area is 49.4 Å². The highest BCUT2D eigenvalue weighted by atomic mass is 16.6. The number of hydroxylamine groups is 1. The summed E-state index contributed by atoms with van der Waals surface area (Å²) in [7, 11) is 1.64. The van der Waals surface area contributed by atoms with Crippen LogP contribution in [0, 0.1) is 0 Å². The van der Waals surface area contributed by atoms with Crippen LogP contribution in [0.2, 0.25) is 0 Å². The van der Waals surface area contributed by atoms with Crippen molar-refractivity contribution < 1.29 is 4.84 Å². The Kier molecular flexibility index (Phi) is 2.27. The standard InChI is InChI=1S/C5H12N2O/c1-8-7-4-5-2-3-6-5/h5-7H,2-4H2,1H3. The van der Waals surface area contributed by atoms with Crippen molar-refractivity contribution in [3.63, 3.8) is 0 Å². The van der Waals surface area contributed by atoms with Gasteiger partial charge in [0.15, 0.2) is 0 Å². The van der Waals surface area contributed by atoms with Gasteiger partial charge in [-0.1, -0.05) is 0 Å². The molecule has 3 nitrogen and oxygen atoms in total. The van der Waals surface area contributed by atoms with Gasteiger partial charge in [0.25, 0.3) is 0 Å². The van der Waals surface area contributed by atoms with Crippen LogP contribution in [0.5, 0.6) is 0 Å². The van der Waals surface area contributed by atoms with Crippen LogP contribution in [0.3, 0.4) is 0 Å². The van der Waals surface area contributed by atoms with Crippen molar-refractivity contribution in [3.8, 4) is 0 Å². The van der Waals surface area contributed by atoms with Crippen LogP contribution in [0.4, 0.5) is 0 Å². The largest absolute Gasteiger partial charge is 0.313 e. The molecule has 1 heterocycles. The third-order valence-electron chi connectivity index (χ3n) is 1.40. The van der Waals surface area contributed by atoms with Crippen LogP contribution < -0.4 is 10.8 Å². The van der Waals surface area contributed by atoms with Crippen LogP contribution in [-0.2, 0) is 4.84 Å². The Bertz CT molecular complexity index is 63.4. The Morgan fingerprint density at radius 1 is 1.88 bits per heavy atom. The molecule has 0 aliphatic carbocycles. The first-order valence-corrected chi connectivity index (χ1v) is 2.92. The monoisotopic (exact) mass is 116 g/mol. The van der Waals surface area contributed by atoms with E-state index in [1.807, 2.05) is 0 Å². The molecule has 0 aromatic rings. The SMILES string of the molecule is CONCC1CCN1. The van der Waals surface area contributed by atoms with E-state index in [1.54, 1.807) is 7.11 Å². The summed E-state index contributed by atoms with van der Waals surface area (Å²) in [6, 6.07) is 0.648. The van der Waals surface area contributed by atoms with E-state index < -0.39 is 0 Å². The van der Waals surface area contributed by atoms with Gasteiger partial charge in [-0.25, -0.2) is 5.48 Å². The summed E-state index contributed by atoms with van der Waals surface area (Å²) in [6.07, 6.45) is 1.27. The Morgan fingerprint density at radius 3 is 3.00 bits per heavy atom. The molecule has 0 saturated carbocycles. The van der Waals surface area contributed by atoms with Gasteiger partial charge in [-0.2, -0.15) is 0 Å². The first kappa shape index (κ1) is 6.01. The molecule has 0 aromatic heterocycles. The lowest BCUT2D eigenvalue weighted by Gasteiger charge is -2.26. The highest BCUT2D eigenvalue weighted by Crippen LogP contribution is 1.98. The average molecular weight is 116 g/mol. The van der Waals surface area contributed by atoms with E-state index in [0.29, 0.717) is 6.04 Å². The van der Waals surface area contributed by atoms with Gasteiger partial charge in [0.2, 0.25) is 0 Å². The second-order valence-electron chi connectivity index (χ2n) is 1.99. The Balaban J connectivity index is 1.86. The van der Waals surface area contributed by atoms with Crippen molar-refractivity contribution in [1.29, 1.82) is 0 Å². The summed E-state index contributed by atoms with van der Waals surface area (Å²) in [6.45, 7) is 2.09. The minimum Gasteiger partial charge on any atom is -0.313 e. The van der Waals surface area contributed by atoms with Crippen molar-refractivity contribution in [2.24, 2.45) is 0 Å². The molecule has 0 spiro atoms. The summed E-state index contributed by atoms with van der Waals surface area (Å²) >= 11 is 0. The Morgan fingerprint density at radius 2 is 2.62 bits per heavy atom. The van der Waals surface area contributed by atoms with E-state index in [-0.39, 0.29) is 0 Å². The lowest BCUT2D eigenvalue weighted by atomic mass is 10.1. The highest BCUT2D eigenvalue weighted by molar-refractivity contribution is 4.77. The quantitative estimate of drug-likeness (QED) is 0.488. The maximum absolute atomic E-state index is 4.66. The second kappa shape index (κ2) is 3.02. The molecule has 1 aliphatic rings. The van der Waals surface area contributed by atoms with Crippen LogP contribution >= 0.6 is 0 Å². The van der Waals surface area contributed by atoms with Gasteiger partial charge in [0, 0.05) is 12.6 Å². The van der Waals surface area contributed by atoms with E-state index in [9.17, 15) is 0 Å². The first-order valence-electron chi connectivity index (χ1n) is 2.92. The molecular formula is C5H12N2O. The number of hydrogen-bond acceptors (Lipinski definition) is 3. The summed E-state index contributed by atoms with van der Waals surface area (Å²) < 4.78 is 0. The predicted octanol–water partition coefficient (Wildman–Crippen LogP) is -0.501. The lowest BCUT2D eigenvalue weighted by Crippen LogP contribution is -2.48. The maximum Gasteiger partial charge on any atom is 0.0572 e. The van der Waals surface area contributed by atoms with Gasteiger partial charge >= 0.3 is 0 Å². The summed E-state index contributed by atoms with van der Waals surface area (Å²) in [5.74, 6) is 0. The maximum atomic E-state index is 4.66. The van der Waals surface area contributed by atoms with Gasteiger partial charge in [-0.05, 0) is 13.0 Å². The summed E-state index contributed by atoms with van der Waals surface area (Å²) in [5.41, 5.74) is 2.79. The van der Waals surface area contributed by atoms with Gasteiger partial charge in [-0.3, -0.25) is 0 Å². The van der Waals surface area contributed by atoms with Gasteiger partial charge in [0.05, 0.1) is 7.11 Å². The van der Waals surface area contributed by atoms with Crippen LogP contribution in [0.15, 0.2) is 0 Å². The molecule has 1 rings (SSSR count). The van der Waals surface area contributed by atoms with Crippen LogP contribution in [0.1, 0.15) is 6.42 Å². The summed E-state index contributed by atoms with van der Waals surface area (Å²) in [4.78, 5) is 4.66. The molecule has 1 aliphatic heterocycles. The molecule has 1 saturated heterocycles. The minimum absolute atomic E-state index is 0.648. The molecular weight excluding hydrogens is 104 g/mol. The molecule has 1 unspecified atom stereocenters. The second-order valence-corrected chi connectivity index (χ2v) is 1.99. The topological polar surface area (TPSA) is 33.3 Å². The van der Waals surface area contributed by atoms with Gasteiger partial charge in [0.1, 0.15) is 0 Å². The van der Waals surface area contributed by atoms with Crippen molar-refractivity contribution in [2.45, 2.75) is 12.5 Å². The molecule has 2 N–H and O–H groups in total. The van der Waals surface area contributed by atoms with E-state index in [4.69, 9.17) is 0 Å². The third kappa shape index (κ3) is 1.43. The normalized spacial score (nSPS) is 27.4. The molecule has 48 valence electrons. The minimum atomic E-state index is 0.648. The molecule has 0 bridgehead atoms. The fraction of sp³-hybridized carbons (Fsp3) is 1.00. The van der Waals surface area contributed by atoms with Crippen molar-refractivity contribution >= 4 is 0 Å². The summed E-state index contributed by atoms with van der Waals surface area (Å²) in [5, 5.41) is 3.24. The first-order chi connectivity index (χ1) is 3.93. The van der Waals surface area contributed by atoms with E-state index in [1.165, 1.54) is 6.42 Å². The van der Waals surface area contributed by atoms with E-state index in [0.717, 1.165) is 13.1 Å². The molecule has 1 atom stereocenters.